The molecule has 3 heteroatoms. The molecule has 0 fully saturated rings. The first-order valence-electron chi connectivity index (χ1n) is 6.54. The van der Waals surface area contributed by atoms with Gasteiger partial charge in [0.1, 0.15) is 0 Å². The monoisotopic (exact) mass is 249 g/mol. The number of unbranched alkanes of at least 4 members (excludes halogenated alkanes) is 1. The summed E-state index contributed by atoms with van der Waals surface area (Å²) in [5.74, 6) is 0.397. The van der Waals surface area contributed by atoms with E-state index in [1.807, 2.05) is 18.2 Å². The smallest absolute Gasteiger partial charge is 0.220 e. The molecule has 0 saturated heterocycles. The molecule has 18 heavy (non-hydrogen) atoms. The predicted octanol–water partition coefficient (Wildman–Crippen LogP) is 2.72. The van der Waals surface area contributed by atoms with Crippen LogP contribution in [0.2, 0.25) is 0 Å². The Morgan fingerprint density at radius 3 is 2.67 bits per heavy atom. The topological polar surface area (TPSA) is 38.3 Å². The summed E-state index contributed by atoms with van der Waals surface area (Å²) in [6, 6.07) is 10.1. The number of hydrogen-bond acceptors (Lipinski definition) is 2. The second-order valence-corrected chi connectivity index (χ2v) is 4.57. The summed E-state index contributed by atoms with van der Waals surface area (Å²) >= 11 is 0. The Morgan fingerprint density at radius 1 is 1.28 bits per heavy atom. The van der Waals surface area contributed by atoms with E-state index in [9.17, 15) is 4.79 Å². The van der Waals surface area contributed by atoms with Crippen LogP contribution in [0.1, 0.15) is 37.7 Å². The number of carbonyl (C=O) groups is 1. The van der Waals surface area contributed by atoms with Gasteiger partial charge in [-0.05, 0) is 24.3 Å². The fraction of sp³-hybridized carbons (Fsp3) is 0.533. The van der Waals surface area contributed by atoms with Crippen LogP contribution >= 0.6 is 0 Å². The molecule has 1 unspecified atom stereocenters. The Kier molecular flexibility index (Phi) is 7.11. The number of nitrogens with one attached hydrogen (secondary N) is 1. The minimum atomic E-state index is 0.128. The van der Waals surface area contributed by atoms with Crippen LogP contribution in [-0.2, 0) is 9.53 Å². The third-order valence-corrected chi connectivity index (χ3v) is 2.96. The summed E-state index contributed by atoms with van der Waals surface area (Å²) in [5.41, 5.74) is 1.21. The normalized spacial score (nSPS) is 12.1. The average Bonchev–Trinajstić information content (AvgIpc) is 2.39. The predicted molar refractivity (Wildman–Crippen MR) is 73.6 cm³/mol. The number of rotatable bonds is 8. The second-order valence-electron chi connectivity index (χ2n) is 4.57. The molecule has 1 aromatic rings. The molecule has 100 valence electrons. The quantitative estimate of drug-likeness (QED) is 0.719. The van der Waals surface area contributed by atoms with Gasteiger partial charge < -0.3 is 10.1 Å². The minimum Gasteiger partial charge on any atom is -0.385 e. The molecule has 1 aromatic carbocycles. The largest absolute Gasteiger partial charge is 0.385 e. The van der Waals surface area contributed by atoms with E-state index in [1.165, 1.54) is 5.56 Å². The van der Waals surface area contributed by atoms with Gasteiger partial charge in [0, 0.05) is 26.7 Å². The van der Waals surface area contributed by atoms with Crippen LogP contribution in [0.15, 0.2) is 30.3 Å². The number of benzene rings is 1. The van der Waals surface area contributed by atoms with Crippen LogP contribution < -0.4 is 5.32 Å². The third kappa shape index (κ3) is 5.82. The molecule has 1 atom stereocenters. The van der Waals surface area contributed by atoms with E-state index in [4.69, 9.17) is 4.74 Å². The van der Waals surface area contributed by atoms with Gasteiger partial charge in [-0.25, -0.2) is 0 Å². The fourth-order valence-corrected chi connectivity index (χ4v) is 1.85. The number of carbonyl (C=O) groups excluding carboxylic acids is 1. The van der Waals surface area contributed by atoms with Crippen molar-refractivity contribution >= 4 is 5.91 Å². The van der Waals surface area contributed by atoms with Crippen LogP contribution in [0.3, 0.4) is 0 Å². The highest BCUT2D eigenvalue weighted by Crippen LogP contribution is 2.17. The number of hydrogen-bond donors (Lipinski definition) is 1. The molecular formula is C15H23NO2. The van der Waals surface area contributed by atoms with Crippen molar-refractivity contribution in [2.45, 2.75) is 32.1 Å². The Labute approximate surface area is 110 Å². The van der Waals surface area contributed by atoms with Crippen LogP contribution in [0, 0.1) is 0 Å². The molecule has 0 aromatic heterocycles. The van der Waals surface area contributed by atoms with Crippen LogP contribution in [0.5, 0.6) is 0 Å². The van der Waals surface area contributed by atoms with E-state index in [2.05, 4.69) is 24.4 Å². The zero-order chi connectivity index (χ0) is 13.2. The van der Waals surface area contributed by atoms with Crippen molar-refractivity contribution in [3.8, 4) is 0 Å². The van der Waals surface area contributed by atoms with Crippen LogP contribution in [0.4, 0.5) is 0 Å². The standard InChI is InChI=1S/C15H23NO2/c1-13(14-8-4-3-5-9-14)12-15(17)16-10-6-7-11-18-2/h3-5,8-9,13H,6-7,10-12H2,1-2H3,(H,16,17). The molecule has 3 nitrogen and oxygen atoms in total. The molecule has 1 amide bonds. The first-order valence-corrected chi connectivity index (χ1v) is 6.54. The molecule has 1 rings (SSSR count). The van der Waals surface area contributed by atoms with E-state index >= 15 is 0 Å². The lowest BCUT2D eigenvalue weighted by Crippen LogP contribution is -2.25. The third-order valence-electron chi connectivity index (χ3n) is 2.96. The Hall–Kier alpha value is -1.35. The van der Waals surface area contributed by atoms with E-state index in [0.717, 1.165) is 26.0 Å². The lowest BCUT2D eigenvalue weighted by Gasteiger charge is -2.11. The summed E-state index contributed by atoms with van der Waals surface area (Å²) in [6.07, 6.45) is 2.51. The molecule has 0 spiro atoms. The maximum absolute atomic E-state index is 11.7. The molecule has 0 aliphatic rings. The summed E-state index contributed by atoms with van der Waals surface area (Å²) in [6.45, 7) is 3.58. The maximum Gasteiger partial charge on any atom is 0.220 e. The summed E-state index contributed by atoms with van der Waals surface area (Å²) < 4.78 is 4.96. The molecule has 0 aliphatic heterocycles. The molecule has 1 N–H and O–H groups in total. The SMILES string of the molecule is COCCCCNC(=O)CC(C)c1ccccc1. The van der Waals surface area contributed by atoms with E-state index in [1.54, 1.807) is 7.11 Å². The molecule has 0 heterocycles. The average molecular weight is 249 g/mol. The van der Waals surface area contributed by atoms with Crippen molar-refractivity contribution < 1.29 is 9.53 Å². The van der Waals surface area contributed by atoms with Crippen molar-refractivity contribution in [1.29, 1.82) is 0 Å². The van der Waals surface area contributed by atoms with Gasteiger partial charge >= 0.3 is 0 Å². The minimum absolute atomic E-state index is 0.128. The maximum atomic E-state index is 11.7. The van der Waals surface area contributed by atoms with Crippen molar-refractivity contribution in [1.82, 2.24) is 5.32 Å². The highest BCUT2D eigenvalue weighted by molar-refractivity contribution is 5.76. The first kappa shape index (κ1) is 14.7. The molecule has 0 saturated carbocycles. The highest BCUT2D eigenvalue weighted by Gasteiger charge is 2.10. The Morgan fingerprint density at radius 2 is 2.00 bits per heavy atom. The Balaban J connectivity index is 2.20. The van der Waals surface area contributed by atoms with Crippen molar-refractivity contribution in [3.05, 3.63) is 35.9 Å². The Bertz CT molecular complexity index is 338. The lowest BCUT2D eigenvalue weighted by atomic mass is 9.97. The number of methoxy groups -OCH3 is 1. The zero-order valence-electron chi connectivity index (χ0n) is 11.3. The highest BCUT2D eigenvalue weighted by atomic mass is 16.5. The van der Waals surface area contributed by atoms with Crippen LogP contribution in [0.25, 0.3) is 0 Å². The van der Waals surface area contributed by atoms with Gasteiger partial charge in [-0.15, -0.1) is 0 Å². The van der Waals surface area contributed by atoms with Gasteiger partial charge in [-0.1, -0.05) is 37.3 Å². The molecule has 0 radical (unpaired) electrons. The molecular weight excluding hydrogens is 226 g/mol. The van der Waals surface area contributed by atoms with Gasteiger partial charge in [0.2, 0.25) is 5.91 Å². The number of amides is 1. The molecule has 0 aliphatic carbocycles. The van der Waals surface area contributed by atoms with Gasteiger partial charge in [0.15, 0.2) is 0 Å². The van der Waals surface area contributed by atoms with Crippen molar-refractivity contribution in [3.63, 3.8) is 0 Å². The van der Waals surface area contributed by atoms with E-state index < -0.39 is 0 Å². The van der Waals surface area contributed by atoms with E-state index in [-0.39, 0.29) is 11.8 Å². The van der Waals surface area contributed by atoms with Crippen molar-refractivity contribution in [2.75, 3.05) is 20.3 Å². The van der Waals surface area contributed by atoms with Gasteiger partial charge in [0.25, 0.3) is 0 Å². The van der Waals surface area contributed by atoms with Gasteiger partial charge in [-0.2, -0.15) is 0 Å². The summed E-state index contributed by atoms with van der Waals surface area (Å²) in [4.78, 5) is 11.7. The zero-order valence-corrected chi connectivity index (χ0v) is 11.3. The molecule has 0 bridgehead atoms. The summed E-state index contributed by atoms with van der Waals surface area (Å²) in [5, 5.41) is 2.95. The second kappa shape index (κ2) is 8.70. The first-order chi connectivity index (χ1) is 8.74. The number of ether oxygens (including phenoxy) is 1. The fourth-order valence-electron chi connectivity index (χ4n) is 1.85. The lowest BCUT2D eigenvalue weighted by molar-refractivity contribution is -0.121. The van der Waals surface area contributed by atoms with Crippen LogP contribution in [-0.4, -0.2) is 26.2 Å². The van der Waals surface area contributed by atoms with E-state index in [0.29, 0.717) is 6.42 Å². The van der Waals surface area contributed by atoms with Gasteiger partial charge in [0.05, 0.1) is 0 Å². The van der Waals surface area contributed by atoms with Crippen molar-refractivity contribution in [2.24, 2.45) is 0 Å². The summed E-state index contributed by atoms with van der Waals surface area (Å²) in [7, 11) is 1.69. The van der Waals surface area contributed by atoms with Gasteiger partial charge in [-0.3, -0.25) is 4.79 Å².